The molecule has 0 radical (unpaired) electrons. The lowest BCUT2D eigenvalue weighted by Gasteiger charge is -2.21. The number of hydrogen-bond acceptors (Lipinski definition) is 2. The summed E-state index contributed by atoms with van der Waals surface area (Å²) in [6, 6.07) is 0. The van der Waals surface area contributed by atoms with Crippen molar-refractivity contribution in [3.63, 3.8) is 0 Å². The van der Waals surface area contributed by atoms with E-state index in [0.29, 0.717) is 5.92 Å². The number of rotatable bonds is 5. The van der Waals surface area contributed by atoms with Crippen LogP contribution in [0.2, 0.25) is 0 Å². The molecular weight excluding hydrogens is 176 g/mol. The molecule has 1 N–H and O–H groups in total. The van der Waals surface area contributed by atoms with Gasteiger partial charge in [0.05, 0.1) is 12.2 Å². The van der Waals surface area contributed by atoms with Crippen LogP contribution in [-0.4, -0.2) is 23.9 Å². The number of ether oxygens (including phenoxy) is 1. The Morgan fingerprint density at radius 3 is 2.57 bits per heavy atom. The third kappa shape index (κ3) is 3.58. The van der Waals surface area contributed by atoms with Gasteiger partial charge >= 0.3 is 0 Å². The van der Waals surface area contributed by atoms with E-state index in [-0.39, 0.29) is 12.2 Å². The lowest BCUT2D eigenvalue weighted by Crippen LogP contribution is -2.26. The summed E-state index contributed by atoms with van der Waals surface area (Å²) >= 11 is 0. The van der Waals surface area contributed by atoms with Crippen molar-refractivity contribution in [1.82, 2.24) is 0 Å². The summed E-state index contributed by atoms with van der Waals surface area (Å²) in [6.07, 6.45) is 4.44. The molecule has 3 atom stereocenters. The topological polar surface area (TPSA) is 29.5 Å². The Morgan fingerprint density at radius 2 is 2.07 bits per heavy atom. The highest BCUT2D eigenvalue weighted by Crippen LogP contribution is 2.26. The van der Waals surface area contributed by atoms with Gasteiger partial charge in [0.25, 0.3) is 0 Å². The van der Waals surface area contributed by atoms with E-state index >= 15 is 0 Å². The molecule has 84 valence electrons. The predicted molar refractivity (Wildman–Crippen MR) is 58.2 cm³/mol. The first kappa shape index (κ1) is 12.0. The van der Waals surface area contributed by atoms with Gasteiger partial charge in [0.15, 0.2) is 0 Å². The molecule has 1 aliphatic heterocycles. The van der Waals surface area contributed by atoms with Crippen molar-refractivity contribution in [2.75, 3.05) is 6.61 Å². The van der Waals surface area contributed by atoms with E-state index in [0.717, 1.165) is 31.8 Å². The first-order chi connectivity index (χ1) is 6.61. The van der Waals surface area contributed by atoms with Gasteiger partial charge < -0.3 is 9.84 Å². The Balaban J connectivity index is 2.17. The van der Waals surface area contributed by atoms with Crippen LogP contribution in [0.3, 0.4) is 0 Å². The van der Waals surface area contributed by atoms with Gasteiger partial charge in [0, 0.05) is 12.5 Å². The molecule has 0 aliphatic carbocycles. The minimum absolute atomic E-state index is 0.147. The molecule has 3 unspecified atom stereocenters. The van der Waals surface area contributed by atoms with Crippen LogP contribution in [0.15, 0.2) is 0 Å². The second-order valence-corrected chi connectivity index (χ2v) is 4.92. The molecule has 1 saturated heterocycles. The first-order valence-electron chi connectivity index (χ1n) is 5.91. The molecule has 0 aromatic rings. The lowest BCUT2D eigenvalue weighted by molar-refractivity contribution is 0.0380. The van der Waals surface area contributed by atoms with Crippen molar-refractivity contribution in [1.29, 1.82) is 0 Å². The summed E-state index contributed by atoms with van der Waals surface area (Å²) in [7, 11) is 0. The highest BCUT2D eigenvalue weighted by Gasteiger charge is 2.30. The number of hydrogen-bond donors (Lipinski definition) is 1. The maximum atomic E-state index is 9.95. The molecule has 0 saturated carbocycles. The third-order valence-electron chi connectivity index (χ3n) is 3.21. The number of aliphatic hydroxyl groups is 1. The van der Waals surface area contributed by atoms with Crippen molar-refractivity contribution in [3.05, 3.63) is 0 Å². The van der Waals surface area contributed by atoms with Gasteiger partial charge in [-0.2, -0.15) is 0 Å². The Kier molecular flexibility index (Phi) is 4.90. The van der Waals surface area contributed by atoms with Crippen LogP contribution in [0.4, 0.5) is 0 Å². The quantitative estimate of drug-likeness (QED) is 0.739. The van der Waals surface area contributed by atoms with Crippen molar-refractivity contribution in [2.24, 2.45) is 11.8 Å². The molecule has 1 fully saturated rings. The van der Waals surface area contributed by atoms with Crippen LogP contribution in [0, 0.1) is 11.8 Å². The molecule has 0 aromatic carbocycles. The fourth-order valence-corrected chi connectivity index (χ4v) is 2.20. The average Bonchev–Trinajstić information content (AvgIpc) is 2.50. The van der Waals surface area contributed by atoms with Gasteiger partial charge in [0.2, 0.25) is 0 Å². The van der Waals surface area contributed by atoms with E-state index in [1.54, 1.807) is 0 Å². The summed E-state index contributed by atoms with van der Waals surface area (Å²) in [5.74, 6) is 1.13. The highest BCUT2D eigenvalue weighted by atomic mass is 16.5. The zero-order valence-electron chi connectivity index (χ0n) is 9.70. The van der Waals surface area contributed by atoms with E-state index in [4.69, 9.17) is 4.74 Å². The van der Waals surface area contributed by atoms with E-state index in [9.17, 15) is 5.11 Å². The molecule has 2 nitrogen and oxygen atoms in total. The molecule has 0 bridgehead atoms. The van der Waals surface area contributed by atoms with Crippen LogP contribution < -0.4 is 0 Å². The molecular formula is C12H24O2. The normalized spacial score (nSPS) is 29.8. The summed E-state index contributed by atoms with van der Waals surface area (Å²) in [6.45, 7) is 7.36. The minimum Gasteiger partial charge on any atom is -0.393 e. The average molecular weight is 200 g/mol. The second kappa shape index (κ2) is 5.72. The Labute approximate surface area is 87.7 Å². The van der Waals surface area contributed by atoms with Crippen LogP contribution >= 0.6 is 0 Å². The van der Waals surface area contributed by atoms with Crippen LogP contribution in [0.5, 0.6) is 0 Å². The molecule has 1 aliphatic rings. The van der Waals surface area contributed by atoms with Gasteiger partial charge in [-0.3, -0.25) is 0 Å². The standard InChI is InChI=1S/C12H24O2/c1-9(2)5-4-6-12(13)11-7-8-14-10(11)3/h9-13H,4-8H2,1-3H3. The highest BCUT2D eigenvalue weighted by molar-refractivity contribution is 4.79. The molecule has 0 spiro atoms. The molecule has 1 heterocycles. The minimum atomic E-state index is -0.147. The summed E-state index contributed by atoms with van der Waals surface area (Å²) in [5, 5.41) is 9.95. The summed E-state index contributed by atoms with van der Waals surface area (Å²) in [4.78, 5) is 0. The van der Waals surface area contributed by atoms with Gasteiger partial charge in [-0.1, -0.05) is 26.7 Å². The molecule has 14 heavy (non-hydrogen) atoms. The van der Waals surface area contributed by atoms with Gasteiger partial charge in [0.1, 0.15) is 0 Å². The van der Waals surface area contributed by atoms with Crippen molar-refractivity contribution in [2.45, 2.75) is 58.7 Å². The van der Waals surface area contributed by atoms with E-state index in [2.05, 4.69) is 20.8 Å². The maximum Gasteiger partial charge on any atom is 0.0600 e. The predicted octanol–water partition coefficient (Wildman–Crippen LogP) is 2.60. The van der Waals surface area contributed by atoms with Crippen molar-refractivity contribution >= 4 is 0 Å². The fraction of sp³-hybridized carbons (Fsp3) is 1.00. The molecule has 1 rings (SSSR count). The largest absolute Gasteiger partial charge is 0.393 e. The zero-order chi connectivity index (χ0) is 10.6. The van der Waals surface area contributed by atoms with Crippen molar-refractivity contribution in [3.8, 4) is 0 Å². The lowest BCUT2D eigenvalue weighted by atomic mass is 9.91. The third-order valence-corrected chi connectivity index (χ3v) is 3.21. The first-order valence-corrected chi connectivity index (χ1v) is 5.91. The van der Waals surface area contributed by atoms with Crippen LogP contribution in [0.25, 0.3) is 0 Å². The Morgan fingerprint density at radius 1 is 1.36 bits per heavy atom. The Hall–Kier alpha value is -0.0800. The zero-order valence-corrected chi connectivity index (χ0v) is 9.70. The number of aliphatic hydroxyl groups excluding tert-OH is 1. The monoisotopic (exact) mass is 200 g/mol. The summed E-state index contributed by atoms with van der Waals surface area (Å²) in [5.41, 5.74) is 0. The second-order valence-electron chi connectivity index (χ2n) is 4.92. The van der Waals surface area contributed by atoms with E-state index in [1.165, 1.54) is 6.42 Å². The van der Waals surface area contributed by atoms with Crippen molar-refractivity contribution < 1.29 is 9.84 Å². The summed E-state index contributed by atoms with van der Waals surface area (Å²) < 4.78 is 5.45. The fourth-order valence-electron chi connectivity index (χ4n) is 2.20. The van der Waals surface area contributed by atoms with Gasteiger partial charge in [-0.15, -0.1) is 0 Å². The van der Waals surface area contributed by atoms with E-state index in [1.807, 2.05) is 0 Å². The molecule has 0 amide bonds. The maximum absolute atomic E-state index is 9.95. The van der Waals surface area contributed by atoms with Gasteiger partial charge in [-0.05, 0) is 25.7 Å². The Bertz CT molecular complexity index is 156. The van der Waals surface area contributed by atoms with Crippen LogP contribution in [0.1, 0.15) is 46.5 Å². The van der Waals surface area contributed by atoms with E-state index < -0.39 is 0 Å². The smallest absolute Gasteiger partial charge is 0.0600 e. The molecule has 0 aromatic heterocycles. The SMILES string of the molecule is CC(C)CCCC(O)C1CCOC1C. The van der Waals surface area contributed by atoms with Gasteiger partial charge in [-0.25, -0.2) is 0 Å². The van der Waals surface area contributed by atoms with Crippen LogP contribution in [-0.2, 0) is 4.74 Å². The molecule has 2 heteroatoms.